The zero-order chi connectivity index (χ0) is 20.5. The fourth-order valence-corrected chi connectivity index (χ4v) is 4.26. The van der Waals surface area contributed by atoms with E-state index < -0.39 is 0 Å². The average Bonchev–Trinajstić information content (AvgIpc) is 3.05. The van der Waals surface area contributed by atoms with E-state index in [1.165, 1.54) is 16.9 Å². The van der Waals surface area contributed by atoms with Crippen LogP contribution in [0.15, 0.2) is 53.5 Å². The lowest BCUT2D eigenvalue weighted by atomic mass is 10.1. The molecule has 0 saturated carbocycles. The maximum atomic E-state index is 12.5. The van der Waals surface area contributed by atoms with Gasteiger partial charge < -0.3 is 14.0 Å². The van der Waals surface area contributed by atoms with Crippen LogP contribution in [0.2, 0.25) is 0 Å². The van der Waals surface area contributed by atoms with Crippen molar-refractivity contribution in [2.75, 3.05) is 19.8 Å². The van der Waals surface area contributed by atoms with Crippen LogP contribution in [0.4, 0.5) is 0 Å². The summed E-state index contributed by atoms with van der Waals surface area (Å²) >= 11 is 1.52. The van der Waals surface area contributed by atoms with Gasteiger partial charge in [0.2, 0.25) is 5.91 Å². The zero-order valence-electron chi connectivity index (χ0n) is 17.1. The molecular formula is C23H28N2O3S. The Bertz CT molecular complexity index is 992. The molecular weight excluding hydrogens is 384 g/mol. The third-order valence-corrected chi connectivity index (χ3v) is 5.59. The number of fused-ring (bicyclic) bond motifs is 1. The third kappa shape index (κ3) is 6.02. The molecule has 0 saturated heterocycles. The summed E-state index contributed by atoms with van der Waals surface area (Å²) in [6, 6.07) is 16.2. The standard InChI is InChI=1S/C23H28N2O3S/c1-3-27-16-15-25-20-14-13-19(28-4-2)17-21(20)29-23(25)24-22(26)12-8-11-18-9-6-5-7-10-18/h5-7,9-10,13-14,17H,3-4,8,11-12,15-16H2,1-2H3. The summed E-state index contributed by atoms with van der Waals surface area (Å²) in [6.45, 7) is 6.49. The van der Waals surface area contributed by atoms with E-state index in [-0.39, 0.29) is 5.91 Å². The van der Waals surface area contributed by atoms with Crippen molar-refractivity contribution in [3.8, 4) is 5.75 Å². The van der Waals surface area contributed by atoms with Crippen LogP contribution in [-0.4, -0.2) is 30.3 Å². The Labute approximate surface area is 175 Å². The third-order valence-electron chi connectivity index (χ3n) is 4.55. The van der Waals surface area contributed by atoms with Crippen molar-refractivity contribution in [1.29, 1.82) is 0 Å². The molecule has 0 radical (unpaired) electrons. The molecule has 2 aromatic carbocycles. The van der Waals surface area contributed by atoms with Crippen molar-refractivity contribution < 1.29 is 14.3 Å². The summed E-state index contributed by atoms with van der Waals surface area (Å²) < 4.78 is 14.3. The van der Waals surface area contributed by atoms with E-state index >= 15 is 0 Å². The van der Waals surface area contributed by atoms with Crippen molar-refractivity contribution in [1.82, 2.24) is 4.57 Å². The minimum atomic E-state index is -0.0809. The molecule has 29 heavy (non-hydrogen) atoms. The van der Waals surface area contributed by atoms with Gasteiger partial charge in [0.25, 0.3) is 0 Å². The Morgan fingerprint density at radius 3 is 2.69 bits per heavy atom. The van der Waals surface area contributed by atoms with Gasteiger partial charge in [0, 0.05) is 19.6 Å². The van der Waals surface area contributed by atoms with Crippen LogP contribution in [-0.2, 0) is 22.5 Å². The van der Waals surface area contributed by atoms with Crippen LogP contribution in [0, 0.1) is 0 Å². The molecule has 0 aliphatic rings. The lowest BCUT2D eigenvalue weighted by Crippen LogP contribution is -2.19. The number of carbonyl (C=O) groups is 1. The summed E-state index contributed by atoms with van der Waals surface area (Å²) in [4.78, 5) is 17.7. The second kappa shape index (κ2) is 10.9. The minimum absolute atomic E-state index is 0.0809. The van der Waals surface area contributed by atoms with Gasteiger partial charge in [0.05, 0.1) is 23.4 Å². The molecule has 3 rings (SSSR count). The van der Waals surface area contributed by atoms with E-state index in [0.717, 1.165) is 33.6 Å². The molecule has 1 aromatic heterocycles. The maximum Gasteiger partial charge on any atom is 0.248 e. The monoisotopic (exact) mass is 412 g/mol. The molecule has 0 unspecified atom stereocenters. The van der Waals surface area contributed by atoms with Crippen molar-refractivity contribution >= 4 is 27.5 Å². The van der Waals surface area contributed by atoms with Crippen LogP contribution in [0.3, 0.4) is 0 Å². The number of benzene rings is 2. The first kappa shape index (κ1) is 21.3. The van der Waals surface area contributed by atoms with Gasteiger partial charge in [-0.25, -0.2) is 0 Å². The first-order chi connectivity index (χ1) is 14.2. The van der Waals surface area contributed by atoms with E-state index in [9.17, 15) is 4.79 Å². The minimum Gasteiger partial charge on any atom is -0.494 e. The first-order valence-corrected chi connectivity index (χ1v) is 11.0. The summed E-state index contributed by atoms with van der Waals surface area (Å²) in [6.07, 6.45) is 2.13. The largest absolute Gasteiger partial charge is 0.494 e. The highest BCUT2D eigenvalue weighted by molar-refractivity contribution is 7.16. The molecule has 3 aromatic rings. The number of rotatable bonds is 10. The molecule has 6 heteroatoms. The Balaban J connectivity index is 1.78. The molecule has 1 amide bonds. The molecule has 0 atom stereocenters. The molecule has 5 nitrogen and oxygen atoms in total. The normalized spacial score (nSPS) is 11.9. The summed E-state index contributed by atoms with van der Waals surface area (Å²) in [5.41, 5.74) is 2.30. The summed E-state index contributed by atoms with van der Waals surface area (Å²) in [5, 5.41) is 0. The van der Waals surface area contributed by atoms with Gasteiger partial charge >= 0.3 is 0 Å². The predicted molar refractivity (Wildman–Crippen MR) is 117 cm³/mol. The van der Waals surface area contributed by atoms with E-state index in [0.29, 0.717) is 32.8 Å². The lowest BCUT2D eigenvalue weighted by molar-refractivity contribution is -0.118. The second-order valence-electron chi connectivity index (χ2n) is 6.64. The Morgan fingerprint density at radius 1 is 1.10 bits per heavy atom. The smallest absolute Gasteiger partial charge is 0.248 e. The zero-order valence-corrected chi connectivity index (χ0v) is 17.9. The number of hydrogen-bond donors (Lipinski definition) is 0. The lowest BCUT2D eigenvalue weighted by Gasteiger charge is -2.06. The van der Waals surface area contributed by atoms with Crippen LogP contribution in [0.1, 0.15) is 32.3 Å². The van der Waals surface area contributed by atoms with E-state index in [2.05, 4.69) is 21.7 Å². The number of ether oxygens (including phenoxy) is 2. The quantitative estimate of drug-likeness (QED) is 0.458. The van der Waals surface area contributed by atoms with Crippen molar-refractivity contribution in [3.05, 3.63) is 58.9 Å². The molecule has 0 bridgehead atoms. The van der Waals surface area contributed by atoms with Gasteiger partial charge in [-0.3, -0.25) is 4.79 Å². The molecule has 0 fully saturated rings. The van der Waals surface area contributed by atoms with Crippen LogP contribution in [0.25, 0.3) is 10.2 Å². The van der Waals surface area contributed by atoms with E-state index in [1.807, 2.05) is 50.2 Å². The first-order valence-electron chi connectivity index (χ1n) is 10.2. The Hall–Kier alpha value is -2.44. The molecule has 0 aliphatic heterocycles. The molecule has 0 aliphatic carbocycles. The highest BCUT2D eigenvalue weighted by Gasteiger charge is 2.09. The number of amides is 1. The topological polar surface area (TPSA) is 52.8 Å². The van der Waals surface area contributed by atoms with E-state index in [1.54, 1.807) is 0 Å². The van der Waals surface area contributed by atoms with Crippen LogP contribution >= 0.6 is 11.3 Å². The highest BCUT2D eigenvalue weighted by Crippen LogP contribution is 2.23. The average molecular weight is 413 g/mol. The van der Waals surface area contributed by atoms with Crippen LogP contribution in [0.5, 0.6) is 5.75 Å². The van der Waals surface area contributed by atoms with Crippen molar-refractivity contribution in [2.24, 2.45) is 4.99 Å². The predicted octanol–water partition coefficient (Wildman–Crippen LogP) is 4.59. The number of aromatic nitrogens is 1. The van der Waals surface area contributed by atoms with Crippen molar-refractivity contribution in [3.63, 3.8) is 0 Å². The van der Waals surface area contributed by atoms with Gasteiger partial charge in [0.15, 0.2) is 4.80 Å². The van der Waals surface area contributed by atoms with Gasteiger partial charge in [-0.2, -0.15) is 4.99 Å². The van der Waals surface area contributed by atoms with Crippen LogP contribution < -0.4 is 9.54 Å². The molecule has 154 valence electrons. The number of carbonyl (C=O) groups excluding carboxylic acids is 1. The number of hydrogen-bond acceptors (Lipinski definition) is 4. The van der Waals surface area contributed by atoms with Gasteiger partial charge in [-0.15, -0.1) is 0 Å². The van der Waals surface area contributed by atoms with Gasteiger partial charge in [-0.05, 0) is 50.5 Å². The van der Waals surface area contributed by atoms with Crippen molar-refractivity contribution in [2.45, 2.75) is 39.7 Å². The molecule has 0 N–H and O–H groups in total. The van der Waals surface area contributed by atoms with Gasteiger partial charge in [0.1, 0.15) is 5.75 Å². The SMILES string of the molecule is CCOCCn1c(=NC(=O)CCCc2ccccc2)sc2cc(OCC)ccc21. The van der Waals surface area contributed by atoms with Gasteiger partial charge in [-0.1, -0.05) is 41.7 Å². The molecule has 0 spiro atoms. The second-order valence-corrected chi connectivity index (χ2v) is 7.65. The van der Waals surface area contributed by atoms with E-state index in [4.69, 9.17) is 9.47 Å². The summed E-state index contributed by atoms with van der Waals surface area (Å²) in [5.74, 6) is 0.752. The fourth-order valence-electron chi connectivity index (χ4n) is 3.16. The summed E-state index contributed by atoms with van der Waals surface area (Å²) in [7, 11) is 0. The number of nitrogens with zero attached hydrogens (tertiary/aromatic N) is 2. The fraction of sp³-hybridized carbons (Fsp3) is 0.391. The maximum absolute atomic E-state index is 12.5. The number of thiazole rings is 1. The Kier molecular flexibility index (Phi) is 8.02. The molecule has 1 heterocycles. The highest BCUT2D eigenvalue weighted by atomic mass is 32.1. The number of aryl methyl sites for hydroxylation is 1. The Morgan fingerprint density at radius 2 is 1.93 bits per heavy atom.